The fourth-order valence-electron chi connectivity index (χ4n) is 4.50. The van der Waals surface area contributed by atoms with Gasteiger partial charge in [-0.3, -0.25) is 9.89 Å². The van der Waals surface area contributed by atoms with Crippen LogP contribution in [0.4, 0.5) is 5.69 Å². The van der Waals surface area contributed by atoms with Gasteiger partial charge in [-0.15, -0.1) is 24.0 Å². The number of likely N-dealkylation sites (tertiary alicyclic amines) is 1. The number of anilines is 1. The molecule has 0 radical (unpaired) electrons. The molecular weight excluding hydrogens is 529 g/mol. The Bertz CT molecular complexity index is 865. The smallest absolute Gasteiger partial charge is 0.194 e. The third-order valence-corrected chi connectivity index (χ3v) is 6.20. The monoisotopic (exact) mass is 565 g/mol. The number of fused-ring (bicyclic) bond motifs is 1. The zero-order valence-electron chi connectivity index (χ0n) is 19.6. The van der Waals surface area contributed by atoms with E-state index < -0.39 is 0 Å². The van der Waals surface area contributed by atoms with Gasteiger partial charge in [0.25, 0.3) is 0 Å². The van der Waals surface area contributed by atoms with Crippen LogP contribution >= 0.6 is 24.0 Å². The fraction of sp³-hybridized carbons (Fsp3) is 0.480. The van der Waals surface area contributed by atoms with Crippen molar-refractivity contribution in [2.24, 2.45) is 4.99 Å². The molecule has 180 valence electrons. The Hall–Kier alpha value is -1.88. The number of morpholine rings is 1. The minimum atomic E-state index is 0. The second-order valence-corrected chi connectivity index (χ2v) is 8.35. The maximum atomic E-state index is 6.13. The highest BCUT2D eigenvalue weighted by molar-refractivity contribution is 14.0. The Kier molecular flexibility index (Phi) is 10.2. The van der Waals surface area contributed by atoms with E-state index in [1.807, 2.05) is 7.05 Å². The van der Waals surface area contributed by atoms with Gasteiger partial charge in [0.1, 0.15) is 0 Å². The van der Waals surface area contributed by atoms with Crippen LogP contribution in [-0.2, 0) is 22.6 Å². The van der Waals surface area contributed by atoms with Gasteiger partial charge in [0, 0.05) is 59.1 Å². The van der Waals surface area contributed by atoms with Crippen molar-refractivity contribution in [3.05, 3.63) is 65.7 Å². The number of hydrogen-bond donors (Lipinski definition) is 2. The van der Waals surface area contributed by atoms with Gasteiger partial charge in [0.15, 0.2) is 5.96 Å². The van der Waals surface area contributed by atoms with E-state index >= 15 is 0 Å². The van der Waals surface area contributed by atoms with Gasteiger partial charge in [-0.25, -0.2) is 0 Å². The number of nitrogens with zero attached hydrogens (tertiary/aromatic N) is 3. The number of aliphatic imine (C=N–C) groups is 1. The Morgan fingerprint density at radius 3 is 2.61 bits per heavy atom. The summed E-state index contributed by atoms with van der Waals surface area (Å²) in [5.74, 6) is 0.935. The Labute approximate surface area is 214 Å². The molecule has 33 heavy (non-hydrogen) atoms. The number of ether oxygens (including phenoxy) is 2. The molecule has 2 aromatic rings. The quantitative estimate of drug-likeness (QED) is 0.222. The zero-order chi connectivity index (χ0) is 22.2. The van der Waals surface area contributed by atoms with Crippen LogP contribution in [0.5, 0.6) is 0 Å². The number of methoxy groups -OCH3 is 1. The van der Waals surface area contributed by atoms with E-state index in [0.717, 1.165) is 57.5 Å². The third-order valence-electron chi connectivity index (χ3n) is 6.20. The summed E-state index contributed by atoms with van der Waals surface area (Å²) in [6, 6.07) is 19.6. The molecule has 0 spiro atoms. The van der Waals surface area contributed by atoms with Gasteiger partial charge >= 0.3 is 0 Å². The second kappa shape index (κ2) is 13.1. The van der Waals surface area contributed by atoms with Gasteiger partial charge in [-0.05, 0) is 23.3 Å². The molecule has 0 aromatic heterocycles. The molecule has 8 heteroatoms. The Morgan fingerprint density at radius 2 is 1.88 bits per heavy atom. The van der Waals surface area contributed by atoms with E-state index in [-0.39, 0.29) is 30.1 Å². The molecule has 2 unspecified atom stereocenters. The normalized spacial score (nSPS) is 20.8. The van der Waals surface area contributed by atoms with Crippen molar-refractivity contribution in [3.63, 3.8) is 0 Å². The molecule has 4 rings (SSSR count). The van der Waals surface area contributed by atoms with Crippen LogP contribution in [0.3, 0.4) is 0 Å². The lowest BCUT2D eigenvalue weighted by Gasteiger charge is -2.36. The second-order valence-electron chi connectivity index (χ2n) is 8.35. The zero-order valence-corrected chi connectivity index (χ0v) is 21.9. The van der Waals surface area contributed by atoms with Crippen molar-refractivity contribution in [2.75, 3.05) is 58.9 Å². The van der Waals surface area contributed by atoms with E-state index in [1.54, 1.807) is 7.11 Å². The molecule has 0 bridgehead atoms. The van der Waals surface area contributed by atoms with Crippen LogP contribution in [0.15, 0.2) is 59.6 Å². The molecular formula is C25H36IN5O2. The molecule has 2 aliphatic rings. The molecule has 2 heterocycles. The Balaban J connectivity index is 0.00000306. The van der Waals surface area contributed by atoms with Crippen LogP contribution in [0, 0.1) is 0 Å². The van der Waals surface area contributed by atoms with Crippen molar-refractivity contribution in [1.29, 1.82) is 0 Å². The van der Waals surface area contributed by atoms with Crippen LogP contribution in [0.2, 0.25) is 0 Å². The first-order valence-electron chi connectivity index (χ1n) is 11.4. The van der Waals surface area contributed by atoms with Crippen molar-refractivity contribution >= 4 is 35.6 Å². The van der Waals surface area contributed by atoms with E-state index in [4.69, 9.17) is 9.47 Å². The average Bonchev–Trinajstić information content (AvgIpc) is 3.26. The summed E-state index contributed by atoms with van der Waals surface area (Å²) in [5.41, 5.74) is 3.69. The predicted molar refractivity (Wildman–Crippen MR) is 144 cm³/mol. The van der Waals surface area contributed by atoms with Crippen LogP contribution in [0.25, 0.3) is 0 Å². The van der Waals surface area contributed by atoms with E-state index in [2.05, 4.69) is 80.0 Å². The molecule has 2 saturated heterocycles. The first kappa shape index (κ1) is 25.7. The van der Waals surface area contributed by atoms with Gasteiger partial charge in [-0.2, -0.15) is 0 Å². The van der Waals surface area contributed by atoms with Gasteiger partial charge < -0.3 is 25.0 Å². The largest absolute Gasteiger partial charge is 0.383 e. The number of halogens is 1. The lowest BCUT2D eigenvalue weighted by atomic mass is 10.1. The maximum absolute atomic E-state index is 6.13. The minimum Gasteiger partial charge on any atom is -0.383 e. The third kappa shape index (κ3) is 7.05. The Morgan fingerprint density at radius 1 is 1.09 bits per heavy atom. The standard InChI is InChI=1S/C25H35N5O2.HI/c1-26-25(28-16-20-8-10-22(11-9-20)27-12-14-31-2)30-18-23-24(19-30)32-15-13-29(23)17-21-6-4-3-5-7-21;/h3-11,23-24,27H,12-19H2,1-2H3,(H,26,28);1H. The van der Waals surface area contributed by atoms with Crippen LogP contribution in [-0.4, -0.2) is 81.5 Å². The number of hydrogen-bond acceptors (Lipinski definition) is 5. The molecule has 2 aliphatic heterocycles. The van der Waals surface area contributed by atoms with E-state index in [9.17, 15) is 0 Å². The van der Waals surface area contributed by atoms with Crippen molar-refractivity contribution in [3.8, 4) is 0 Å². The number of rotatable bonds is 8. The number of guanidine groups is 1. The summed E-state index contributed by atoms with van der Waals surface area (Å²) in [6.45, 7) is 6.78. The van der Waals surface area contributed by atoms with Gasteiger partial charge in [-0.1, -0.05) is 42.5 Å². The molecule has 2 N–H and O–H groups in total. The molecule has 2 aromatic carbocycles. The van der Waals surface area contributed by atoms with E-state index in [0.29, 0.717) is 12.6 Å². The summed E-state index contributed by atoms with van der Waals surface area (Å²) >= 11 is 0. The lowest BCUT2D eigenvalue weighted by molar-refractivity contribution is -0.0502. The van der Waals surface area contributed by atoms with Crippen molar-refractivity contribution < 1.29 is 9.47 Å². The topological polar surface area (TPSA) is 61.4 Å². The maximum Gasteiger partial charge on any atom is 0.194 e. The molecule has 7 nitrogen and oxygen atoms in total. The first-order valence-corrected chi connectivity index (χ1v) is 11.4. The molecule has 0 saturated carbocycles. The first-order chi connectivity index (χ1) is 15.8. The summed E-state index contributed by atoms with van der Waals surface area (Å²) in [6.07, 6.45) is 0.225. The predicted octanol–water partition coefficient (Wildman–Crippen LogP) is 3.02. The molecule has 2 fully saturated rings. The van der Waals surface area contributed by atoms with E-state index in [1.165, 1.54) is 11.1 Å². The highest BCUT2D eigenvalue weighted by Crippen LogP contribution is 2.24. The number of benzene rings is 2. The summed E-state index contributed by atoms with van der Waals surface area (Å²) < 4.78 is 11.2. The highest BCUT2D eigenvalue weighted by Gasteiger charge is 2.41. The van der Waals surface area contributed by atoms with Crippen LogP contribution in [0.1, 0.15) is 11.1 Å². The lowest BCUT2D eigenvalue weighted by Crippen LogP contribution is -2.50. The van der Waals surface area contributed by atoms with Gasteiger partial charge in [0.05, 0.1) is 25.4 Å². The van der Waals surface area contributed by atoms with Crippen molar-refractivity contribution in [2.45, 2.75) is 25.2 Å². The van der Waals surface area contributed by atoms with Crippen LogP contribution < -0.4 is 10.6 Å². The SMILES string of the molecule is CN=C(NCc1ccc(NCCOC)cc1)N1CC2OCCN(Cc3ccccc3)C2C1.I. The highest BCUT2D eigenvalue weighted by atomic mass is 127. The minimum absolute atomic E-state index is 0. The molecule has 0 aliphatic carbocycles. The fourth-order valence-corrected chi connectivity index (χ4v) is 4.50. The summed E-state index contributed by atoms with van der Waals surface area (Å²) in [5, 5.41) is 6.88. The summed E-state index contributed by atoms with van der Waals surface area (Å²) in [4.78, 5) is 9.44. The number of nitrogens with one attached hydrogen (secondary N) is 2. The van der Waals surface area contributed by atoms with Crippen molar-refractivity contribution in [1.82, 2.24) is 15.1 Å². The molecule has 2 atom stereocenters. The average molecular weight is 566 g/mol. The summed E-state index contributed by atoms with van der Waals surface area (Å²) in [7, 11) is 3.57. The van der Waals surface area contributed by atoms with Gasteiger partial charge in [0.2, 0.25) is 0 Å². The molecule has 0 amide bonds.